The normalized spacial score (nSPS) is 11.7. The largest absolute Gasteiger partial charge is 0.497 e. The van der Waals surface area contributed by atoms with Crippen LogP contribution in [0.5, 0.6) is 11.5 Å². The van der Waals surface area contributed by atoms with E-state index in [1.165, 1.54) is 11.1 Å². The second-order valence-electron chi connectivity index (χ2n) is 5.36. The summed E-state index contributed by atoms with van der Waals surface area (Å²) in [6.07, 6.45) is 0. The van der Waals surface area contributed by atoms with E-state index in [0.717, 1.165) is 17.1 Å². The molecule has 0 radical (unpaired) electrons. The molecule has 0 N–H and O–H groups in total. The van der Waals surface area contributed by atoms with Gasteiger partial charge in [-0.1, -0.05) is 60.7 Å². The van der Waals surface area contributed by atoms with E-state index in [1.807, 2.05) is 36.4 Å². The van der Waals surface area contributed by atoms with Gasteiger partial charge in [0.05, 0.1) is 14.2 Å². The fraction of sp³-hybridized carbons (Fsp3) is 0.143. The Kier molecular flexibility index (Phi) is 4.62. The van der Waals surface area contributed by atoms with Gasteiger partial charge in [-0.15, -0.1) is 0 Å². The molecule has 3 aromatic rings. The Morgan fingerprint density at radius 3 is 2.09 bits per heavy atom. The lowest BCUT2D eigenvalue weighted by molar-refractivity contribution is 0.408. The van der Waals surface area contributed by atoms with Gasteiger partial charge >= 0.3 is 0 Å². The van der Waals surface area contributed by atoms with Gasteiger partial charge in [0, 0.05) is 11.5 Å². The molecule has 0 aliphatic heterocycles. The molecule has 0 fully saturated rings. The smallest absolute Gasteiger partial charge is 0.123 e. The van der Waals surface area contributed by atoms with E-state index in [4.69, 9.17) is 9.47 Å². The summed E-state index contributed by atoms with van der Waals surface area (Å²) in [6.45, 7) is 0. The third-order valence-electron chi connectivity index (χ3n) is 4.01. The van der Waals surface area contributed by atoms with Crippen LogP contribution in [0.3, 0.4) is 0 Å². The van der Waals surface area contributed by atoms with Gasteiger partial charge in [-0.3, -0.25) is 0 Å². The molecular weight excluding hydrogens is 284 g/mol. The first-order chi connectivity index (χ1) is 11.3. The first-order valence-corrected chi connectivity index (χ1v) is 7.65. The molecule has 0 bridgehead atoms. The van der Waals surface area contributed by atoms with E-state index in [2.05, 4.69) is 42.5 Å². The number of para-hydroxylation sites is 1. The van der Waals surface area contributed by atoms with Crippen LogP contribution in [0.25, 0.3) is 0 Å². The first-order valence-electron chi connectivity index (χ1n) is 7.65. The zero-order valence-electron chi connectivity index (χ0n) is 13.4. The van der Waals surface area contributed by atoms with Crippen LogP contribution in [-0.2, 0) is 0 Å². The fourth-order valence-electron chi connectivity index (χ4n) is 2.92. The van der Waals surface area contributed by atoms with Crippen molar-refractivity contribution < 1.29 is 9.47 Å². The summed E-state index contributed by atoms with van der Waals surface area (Å²) < 4.78 is 11.0. The highest BCUT2D eigenvalue weighted by Gasteiger charge is 2.20. The van der Waals surface area contributed by atoms with E-state index < -0.39 is 0 Å². The molecule has 23 heavy (non-hydrogen) atoms. The second kappa shape index (κ2) is 7.01. The molecule has 3 rings (SSSR count). The van der Waals surface area contributed by atoms with Crippen molar-refractivity contribution in [3.8, 4) is 11.5 Å². The van der Waals surface area contributed by atoms with Crippen LogP contribution < -0.4 is 9.47 Å². The van der Waals surface area contributed by atoms with Crippen LogP contribution in [0, 0.1) is 0 Å². The van der Waals surface area contributed by atoms with Crippen LogP contribution >= 0.6 is 0 Å². The Balaban J connectivity index is 2.18. The molecule has 0 aliphatic rings. The zero-order valence-corrected chi connectivity index (χ0v) is 13.4. The van der Waals surface area contributed by atoms with Crippen LogP contribution in [0.2, 0.25) is 0 Å². The van der Waals surface area contributed by atoms with Crippen LogP contribution in [-0.4, -0.2) is 14.2 Å². The standard InChI is InChI=1S/C21H20O2/c1-22-18-12-8-11-17(15-18)21(16-9-4-3-5-10-16)19-13-6-7-14-20(19)23-2/h3-15,21H,1-2H3. The van der Waals surface area contributed by atoms with E-state index in [1.54, 1.807) is 14.2 Å². The molecule has 0 saturated carbocycles. The highest BCUT2D eigenvalue weighted by atomic mass is 16.5. The van der Waals surface area contributed by atoms with Crippen molar-refractivity contribution >= 4 is 0 Å². The summed E-state index contributed by atoms with van der Waals surface area (Å²) in [4.78, 5) is 0. The number of hydrogen-bond acceptors (Lipinski definition) is 2. The topological polar surface area (TPSA) is 18.5 Å². The van der Waals surface area contributed by atoms with Crippen molar-refractivity contribution in [1.29, 1.82) is 0 Å². The number of rotatable bonds is 5. The minimum Gasteiger partial charge on any atom is -0.497 e. The minimum absolute atomic E-state index is 0.0995. The quantitative estimate of drug-likeness (QED) is 0.625. The Hall–Kier alpha value is -2.74. The molecule has 2 nitrogen and oxygen atoms in total. The van der Waals surface area contributed by atoms with Crippen LogP contribution in [0.4, 0.5) is 0 Å². The Morgan fingerprint density at radius 1 is 0.652 bits per heavy atom. The first kappa shape index (κ1) is 15.2. The summed E-state index contributed by atoms with van der Waals surface area (Å²) in [5.74, 6) is 1.85. The maximum absolute atomic E-state index is 5.59. The number of ether oxygens (including phenoxy) is 2. The summed E-state index contributed by atoms with van der Waals surface area (Å²) in [7, 11) is 3.41. The minimum atomic E-state index is 0.0995. The maximum Gasteiger partial charge on any atom is 0.123 e. The Bertz CT molecular complexity index is 766. The summed E-state index contributed by atoms with van der Waals surface area (Å²) in [5.41, 5.74) is 3.56. The molecule has 0 heterocycles. The molecule has 1 unspecified atom stereocenters. The van der Waals surface area contributed by atoms with E-state index in [9.17, 15) is 0 Å². The average molecular weight is 304 g/mol. The molecule has 2 heteroatoms. The molecule has 116 valence electrons. The number of hydrogen-bond donors (Lipinski definition) is 0. The van der Waals surface area contributed by atoms with Gasteiger partial charge in [-0.2, -0.15) is 0 Å². The SMILES string of the molecule is COc1cccc(C(c2ccccc2)c2ccccc2OC)c1. The van der Waals surface area contributed by atoms with Crippen LogP contribution in [0.1, 0.15) is 22.6 Å². The van der Waals surface area contributed by atoms with Gasteiger partial charge in [0.25, 0.3) is 0 Å². The fourth-order valence-corrected chi connectivity index (χ4v) is 2.92. The molecule has 0 saturated heterocycles. The Morgan fingerprint density at radius 2 is 1.35 bits per heavy atom. The van der Waals surface area contributed by atoms with Gasteiger partial charge in [-0.25, -0.2) is 0 Å². The van der Waals surface area contributed by atoms with E-state index in [0.29, 0.717) is 0 Å². The lowest BCUT2D eigenvalue weighted by atomic mass is 9.84. The summed E-state index contributed by atoms with van der Waals surface area (Å²) in [6, 6.07) is 26.9. The monoisotopic (exact) mass is 304 g/mol. The number of benzene rings is 3. The summed E-state index contributed by atoms with van der Waals surface area (Å²) in [5, 5.41) is 0. The molecule has 0 spiro atoms. The van der Waals surface area contributed by atoms with Crippen molar-refractivity contribution in [2.24, 2.45) is 0 Å². The van der Waals surface area contributed by atoms with Gasteiger partial charge in [0.2, 0.25) is 0 Å². The third kappa shape index (κ3) is 3.21. The predicted molar refractivity (Wildman–Crippen MR) is 93.4 cm³/mol. The van der Waals surface area contributed by atoms with Gasteiger partial charge < -0.3 is 9.47 Å². The molecular formula is C21H20O2. The molecule has 1 atom stereocenters. The molecule has 0 aliphatic carbocycles. The van der Waals surface area contributed by atoms with Crippen molar-refractivity contribution in [2.45, 2.75) is 5.92 Å². The highest BCUT2D eigenvalue weighted by molar-refractivity contribution is 5.50. The molecule has 0 aromatic heterocycles. The third-order valence-corrected chi connectivity index (χ3v) is 4.01. The van der Waals surface area contributed by atoms with E-state index >= 15 is 0 Å². The van der Waals surface area contributed by atoms with Crippen molar-refractivity contribution in [1.82, 2.24) is 0 Å². The maximum atomic E-state index is 5.59. The van der Waals surface area contributed by atoms with Gasteiger partial charge in [0.1, 0.15) is 11.5 Å². The average Bonchev–Trinajstić information content (AvgIpc) is 2.63. The summed E-state index contributed by atoms with van der Waals surface area (Å²) >= 11 is 0. The highest BCUT2D eigenvalue weighted by Crippen LogP contribution is 2.37. The lowest BCUT2D eigenvalue weighted by Crippen LogP contribution is -2.05. The van der Waals surface area contributed by atoms with Gasteiger partial charge in [0.15, 0.2) is 0 Å². The van der Waals surface area contributed by atoms with Crippen molar-refractivity contribution in [3.05, 3.63) is 95.6 Å². The van der Waals surface area contributed by atoms with Gasteiger partial charge in [-0.05, 0) is 29.3 Å². The molecule has 0 amide bonds. The van der Waals surface area contributed by atoms with Crippen molar-refractivity contribution in [2.75, 3.05) is 14.2 Å². The zero-order chi connectivity index (χ0) is 16.1. The number of methoxy groups -OCH3 is 2. The molecule has 3 aromatic carbocycles. The van der Waals surface area contributed by atoms with E-state index in [-0.39, 0.29) is 5.92 Å². The lowest BCUT2D eigenvalue weighted by Gasteiger charge is -2.21. The predicted octanol–water partition coefficient (Wildman–Crippen LogP) is 4.88. The Labute approximate surface area is 137 Å². The second-order valence-corrected chi connectivity index (χ2v) is 5.36. The van der Waals surface area contributed by atoms with Crippen molar-refractivity contribution in [3.63, 3.8) is 0 Å². The van der Waals surface area contributed by atoms with Crippen LogP contribution in [0.15, 0.2) is 78.9 Å².